The van der Waals surface area contributed by atoms with E-state index in [4.69, 9.17) is 23.7 Å². The first-order valence-corrected chi connectivity index (χ1v) is 16.6. The van der Waals surface area contributed by atoms with Crippen molar-refractivity contribution < 1.29 is 48.3 Å². The van der Waals surface area contributed by atoms with Crippen LogP contribution in [0.25, 0.3) is 0 Å². The fourth-order valence-corrected chi connectivity index (χ4v) is 10.3. The summed E-state index contributed by atoms with van der Waals surface area (Å²) in [6.07, 6.45) is 1.98. The van der Waals surface area contributed by atoms with E-state index in [1.165, 1.54) is 26.5 Å². The second-order valence-corrected chi connectivity index (χ2v) is 15.5. The van der Waals surface area contributed by atoms with Crippen molar-refractivity contribution in [2.45, 2.75) is 130 Å². The van der Waals surface area contributed by atoms with E-state index in [-0.39, 0.29) is 41.5 Å². The Morgan fingerprint density at radius 1 is 1.11 bits per heavy atom. The van der Waals surface area contributed by atoms with Crippen molar-refractivity contribution in [3.05, 3.63) is 23.8 Å². The van der Waals surface area contributed by atoms with Crippen LogP contribution in [0.15, 0.2) is 23.8 Å². The third-order valence-electron chi connectivity index (χ3n) is 12.4. The number of ether oxygens (including phenoxy) is 5. The van der Waals surface area contributed by atoms with Crippen molar-refractivity contribution in [2.24, 2.45) is 39.9 Å². The van der Waals surface area contributed by atoms with Crippen molar-refractivity contribution in [3.8, 4) is 0 Å². The molecule has 1 heterocycles. The van der Waals surface area contributed by atoms with Gasteiger partial charge in [-0.1, -0.05) is 44.6 Å². The Morgan fingerprint density at radius 3 is 2.28 bits per heavy atom. The largest absolute Gasteiger partial charge is 0.469 e. The molecule has 0 aromatic heterocycles. The Labute approximate surface area is 274 Å². The number of esters is 3. The lowest BCUT2D eigenvalue weighted by molar-refractivity contribution is -0.209. The summed E-state index contributed by atoms with van der Waals surface area (Å²) in [4.78, 5) is 37.9. The SMILES string of the molecule is C=C(C)[C@@H]1C[C@@H](OC(C)=O)[C@@]2(C)C3=CC[C@@H]([C@H]4C[C@H]([C@H](O)C(C)(C)O)O[C@@H]4OC)[C@]3(C)CC[C@@H]2[C@@]1(C)[C@H](CC(=O)OC)OC(C)=O. The molecule has 0 radical (unpaired) electrons. The zero-order valence-corrected chi connectivity index (χ0v) is 29.4. The van der Waals surface area contributed by atoms with Crippen LogP contribution in [0, 0.1) is 39.9 Å². The van der Waals surface area contributed by atoms with E-state index in [0.29, 0.717) is 12.8 Å². The highest BCUT2D eigenvalue weighted by Gasteiger charge is 2.69. The number of methoxy groups -OCH3 is 2. The first-order valence-electron chi connectivity index (χ1n) is 16.6. The maximum Gasteiger partial charge on any atom is 0.309 e. The van der Waals surface area contributed by atoms with Gasteiger partial charge in [0.1, 0.15) is 18.3 Å². The topological polar surface area (TPSA) is 138 Å². The smallest absolute Gasteiger partial charge is 0.309 e. The van der Waals surface area contributed by atoms with E-state index in [1.807, 2.05) is 6.92 Å². The fourth-order valence-electron chi connectivity index (χ4n) is 10.3. The molecule has 1 aliphatic heterocycles. The summed E-state index contributed by atoms with van der Waals surface area (Å²) in [5.41, 5.74) is -0.975. The minimum absolute atomic E-state index is 0.0515. The van der Waals surface area contributed by atoms with Crippen molar-refractivity contribution in [1.29, 1.82) is 0 Å². The molecule has 10 heteroatoms. The van der Waals surface area contributed by atoms with Crippen molar-refractivity contribution in [1.82, 2.24) is 0 Å². The Kier molecular flexibility index (Phi) is 10.3. The molecule has 2 saturated carbocycles. The number of hydrogen-bond acceptors (Lipinski definition) is 10. The Balaban J connectivity index is 1.81. The minimum Gasteiger partial charge on any atom is -0.469 e. The molecule has 0 spiro atoms. The molecule has 0 amide bonds. The molecule has 0 unspecified atom stereocenters. The summed E-state index contributed by atoms with van der Waals surface area (Å²) < 4.78 is 29.3. The quantitative estimate of drug-likeness (QED) is 0.191. The molecule has 1 saturated heterocycles. The second-order valence-electron chi connectivity index (χ2n) is 15.5. The van der Waals surface area contributed by atoms with Gasteiger partial charge >= 0.3 is 17.9 Å². The molecule has 0 bridgehead atoms. The van der Waals surface area contributed by atoms with Crippen LogP contribution >= 0.6 is 0 Å². The van der Waals surface area contributed by atoms with Crippen LogP contribution in [0.1, 0.15) is 93.9 Å². The van der Waals surface area contributed by atoms with E-state index < -0.39 is 59.1 Å². The van der Waals surface area contributed by atoms with Gasteiger partial charge < -0.3 is 33.9 Å². The van der Waals surface area contributed by atoms with Gasteiger partial charge in [0.25, 0.3) is 0 Å². The normalized spacial score (nSPS) is 40.2. The maximum atomic E-state index is 12.8. The molecule has 4 aliphatic rings. The summed E-state index contributed by atoms with van der Waals surface area (Å²) in [7, 11) is 2.94. The Hall–Kier alpha value is -2.27. The first kappa shape index (κ1) is 36.6. The zero-order valence-electron chi connectivity index (χ0n) is 29.4. The minimum atomic E-state index is -1.33. The highest BCUT2D eigenvalue weighted by Crippen LogP contribution is 2.72. The van der Waals surface area contributed by atoms with Gasteiger partial charge in [-0.2, -0.15) is 0 Å². The number of aliphatic hydroxyl groups is 2. The summed E-state index contributed by atoms with van der Waals surface area (Å²) >= 11 is 0. The Bertz CT molecular complexity index is 1240. The lowest BCUT2D eigenvalue weighted by Gasteiger charge is -2.66. The van der Waals surface area contributed by atoms with Gasteiger partial charge in [-0.3, -0.25) is 14.4 Å². The molecular formula is C36H56O10. The molecule has 10 nitrogen and oxygen atoms in total. The first-order chi connectivity index (χ1) is 21.3. The number of carbonyl (C=O) groups excluding carboxylic acids is 3. The predicted octanol–water partition coefficient (Wildman–Crippen LogP) is 4.89. The third kappa shape index (κ3) is 6.08. The predicted molar refractivity (Wildman–Crippen MR) is 170 cm³/mol. The number of rotatable bonds is 10. The average Bonchev–Trinajstić information content (AvgIpc) is 3.53. The van der Waals surface area contributed by atoms with Crippen LogP contribution in [0.4, 0.5) is 0 Å². The number of allylic oxidation sites excluding steroid dienone is 2. The van der Waals surface area contributed by atoms with Crippen molar-refractivity contribution >= 4 is 17.9 Å². The van der Waals surface area contributed by atoms with Crippen LogP contribution in [0.5, 0.6) is 0 Å². The van der Waals surface area contributed by atoms with Gasteiger partial charge in [0.2, 0.25) is 0 Å². The molecule has 0 aromatic carbocycles. The van der Waals surface area contributed by atoms with Crippen molar-refractivity contribution in [2.75, 3.05) is 14.2 Å². The summed E-state index contributed by atoms with van der Waals surface area (Å²) in [5.74, 6) is -1.61. The monoisotopic (exact) mass is 648 g/mol. The number of hydrogen-bond donors (Lipinski definition) is 2. The lowest BCUT2D eigenvalue weighted by Crippen LogP contribution is -2.65. The molecule has 0 aromatic rings. The van der Waals surface area contributed by atoms with Gasteiger partial charge in [0.15, 0.2) is 6.29 Å². The van der Waals surface area contributed by atoms with Gasteiger partial charge in [-0.15, -0.1) is 0 Å². The van der Waals surface area contributed by atoms with E-state index in [1.54, 1.807) is 21.0 Å². The van der Waals surface area contributed by atoms with Crippen LogP contribution < -0.4 is 0 Å². The van der Waals surface area contributed by atoms with Crippen LogP contribution in [-0.4, -0.2) is 78.6 Å². The highest BCUT2D eigenvalue weighted by molar-refractivity contribution is 5.71. The van der Waals surface area contributed by atoms with Gasteiger partial charge in [-0.05, 0) is 76.0 Å². The fraction of sp³-hybridized carbons (Fsp3) is 0.806. The van der Waals surface area contributed by atoms with E-state index in [2.05, 4.69) is 33.4 Å². The maximum absolute atomic E-state index is 12.8. The summed E-state index contributed by atoms with van der Waals surface area (Å²) in [6, 6.07) is 0. The molecule has 12 atom stereocenters. The molecular weight excluding hydrogens is 592 g/mol. The van der Waals surface area contributed by atoms with Crippen LogP contribution in [-0.2, 0) is 38.1 Å². The average molecular weight is 649 g/mol. The molecule has 3 fully saturated rings. The number of fused-ring (bicyclic) bond motifs is 3. The summed E-state index contributed by atoms with van der Waals surface area (Å²) in [6.45, 7) is 18.8. The molecule has 260 valence electrons. The van der Waals surface area contributed by atoms with Crippen LogP contribution in [0.3, 0.4) is 0 Å². The van der Waals surface area contributed by atoms with Gasteiger partial charge in [0, 0.05) is 37.7 Å². The molecule has 46 heavy (non-hydrogen) atoms. The molecule has 2 N–H and O–H groups in total. The lowest BCUT2D eigenvalue weighted by atomic mass is 9.40. The number of aliphatic hydroxyl groups excluding tert-OH is 1. The van der Waals surface area contributed by atoms with Crippen LogP contribution in [0.2, 0.25) is 0 Å². The molecule has 3 aliphatic carbocycles. The van der Waals surface area contributed by atoms with Gasteiger partial charge in [-0.25, -0.2) is 0 Å². The van der Waals surface area contributed by atoms with E-state index in [9.17, 15) is 24.6 Å². The number of carbonyl (C=O) groups is 3. The van der Waals surface area contributed by atoms with E-state index >= 15 is 0 Å². The second kappa shape index (κ2) is 13.0. The van der Waals surface area contributed by atoms with Gasteiger partial charge in [0.05, 0.1) is 25.2 Å². The standard InChI is InChI=1S/C36H56O10/c1-19(2)24-17-28(44-20(3)37)36(9)26-13-12-23(22-16-25(46-32(22)43-11)31(40)33(5,6)41)34(26,7)15-14-27(36)35(24,8)29(45-21(4)38)18-30(39)42-10/h13,22-25,27-29,31-32,40-41H,1,12,14-18H2,2-11H3/t22-,23+,24+,25-,27-,28-,29+,31+,32+,34+,35+,36+/m1/s1. The highest BCUT2D eigenvalue weighted by atomic mass is 16.7. The Morgan fingerprint density at radius 2 is 1.76 bits per heavy atom. The summed E-state index contributed by atoms with van der Waals surface area (Å²) in [5, 5.41) is 21.5. The molecule has 4 rings (SSSR count). The zero-order chi connectivity index (χ0) is 34.6. The van der Waals surface area contributed by atoms with Crippen molar-refractivity contribution in [3.63, 3.8) is 0 Å². The third-order valence-corrected chi connectivity index (χ3v) is 12.4. The van der Waals surface area contributed by atoms with E-state index in [0.717, 1.165) is 24.8 Å².